The van der Waals surface area contributed by atoms with Gasteiger partial charge in [0.1, 0.15) is 6.61 Å². The van der Waals surface area contributed by atoms with Crippen LogP contribution in [-0.4, -0.2) is 46.6 Å². The lowest BCUT2D eigenvalue weighted by Gasteiger charge is -2.25. The number of alkyl halides is 2. The third kappa shape index (κ3) is 5.09. The maximum Gasteiger partial charge on any atom is 0.387 e. The number of hydrogen-bond acceptors (Lipinski definition) is 7. The summed E-state index contributed by atoms with van der Waals surface area (Å²) in [6, 6.07) is 12.3. The van der Waals surface area contributed by atoms with E-state index in [1.54, 1.807) is 16.8 Å². The highest BCUT2D eigenvalue weighted by Gasteiger charge is 2.27. The van der Waals surface area contributed by atoms with E-state index in [2.05, 4.69) is 9.84 Å². The second kappa shape index (κ2) is 9.75. The van der Waals surface area contributed by atoms with Gasteiger partial charge in [0.05, 0.1) is 13.8 Å². The van der Waals surface area contributed by atoms with Crippen LogP contribution < -0.4 is 18.9 Å². The molecule has 0 saturated carbocycles. The fourth-order valence-corrected chi connectivity index (χ4v) is 3.81. The number of halogens is 2. The smallest absolute Gasteiger partial charge is 0.387 e. The molecule has 4 rings (SSSR count). The van der Waals surface area contributed by atoms with E-state index in [1.165, 1.54) is 13.2 Å². The number of methoxy groups -OCH3 is 1. The number of rotatable bonds is 8. The van der Waals surface area contributed by atoms with E-state index in [0.717, 1.165) is 5.56 Å². The number of hydrogen-bond donors (Lipinski definition) is 0. The van der Waals surface area contributed by atoms with Crippen LogP contribution in [0.15, 0.2) is 42.5 Å². The normalized spacial score (nSPS) is 15.2. The molecule has 0 N–H and O–H groups in total. The zero-order chi connectivity index (χ0) is 23.5. The van der Waals surface area contributed by atoms with Gasteiger partial charge >= 0.3 is 6.61 Å². The van der Waals surface area contributed by atoms with E-state index < -0.39 is 6.61 Å². The standard InChI is InChI=1S/C22H24F2N4O4S/c1-26(11-14-8-9-17(32-21(23)24)18(10-14)29-3)13-28-22(33)27(2)20(25-28)19-12-30-15-6-4-5-7-16(15)31-19/h4-10,19,21H,11-13H2,1-3H3. The predicted octanol–water partition coefficient (Wildman–Crippen LogP) is 4.16. The first-order valence-electron chi connectivity index (χ1n) is 10.2. The Bertz CT molecular complexity index is 1180. The molecule has 1 aromatic heterocycles. The Hall–Kier alpha value is -3.18. The van der Waals surface area contributed by atoms with Crippen molar-refractivity contribution in [2.75, 3.05) is 20.8 Å². The van der Waals surface area contributed by atoms with Gasteiger partial charge in [-0.15, -0.1) is 0 Å². The number of ether oxygens (including phenoxy) is 4. The van der Waals surface area contributed by atoms with E-state index >= 15 is 0 Å². The maximum absolute atomic E-state index is 12.5. The summed E-state index contributed by atoms with van der Waals surface area (Å²) >= 11 is 5.57. The number of nitrogens with zero attached hydrogens (tertiary/aromatic N) is 4. The Morgan fingerprint density at radius 3 is 2.70 bits per heavy atom. The van der Waals surface area contributed by atoms with E-state index in [0.29, 0.717) is 41.9 Å². The Morgan fingerprint density at radius 2 is 1.97 bits per heavy atom. The van der Waals surface area contributed by atoms with Gasteiger partial charge in [0, 0.05) is 13.6 Å². The van der Waals surface area contributed by atoms with Crippen LogP contribution in [0.4, 0.5) is 8.78 Å². The Balaban J connectivity index is 1.46. The molecule has 0 spiro atoms. The molecule has 0 amide bonds. The van der Waals surface area contributed by atoms with E-state index in [4.69, 9.17) is 26.4 Å². The van der Waals surface area contributed by atoms with Crippen molar-refractivity contribution in [3.8, 4) is 23.0 Å². The van der Waals surface area contributed by atoms with Gasteiger partial charge in [-0.25, -0.2) is 4.68 Å². The molecule has 1 aliphatic rings. The molecule has 0 fully saturated rings. The highest BCUT2D eigenvalue weighted by molar-refractivity contribution is 7.71. The summed E-state index contributed by atoms with van der Waals surface area (Å²) in [6.45, 7) is -1.66. The first kappa shape index (κ1) is 23.0. The number of benzene rings is 2. The molecular formula is C22H24F2N4O4S. The molecule has 8 nitrogen and oxygen atoms in total. The summed E-state index contributed by atoms with van der Waals surface area (Å²) in [5.74, 6) is 2.27. The van der Waals surface area contributed by atoms with Crippen molar-refractivity contribution in [2.45, 2.75) is 25.9 Å². The molecule has 2 heterocycles. The minimum absolute atomic E-state index is 0.00763. The first-order valence-corrected chi connectivity index (χ1v) is 10.6. The van der Waals surface area contributed by atoms with Crippen molar-refractivity contribution in [3.05, 3.63) is 58.6 Å². The van der Waals surface area contributed by atoms with Crippen LogP contribution in [0.1, 0.15) is 17.5 Å². The maximum atomic E-state index is 12.5. The van der Waals surface area contributed by atoms with Crippen molar-refractivity contribution < 1.29 is 27.7 Å². The molecular weight excluding hydrogens is 454 g/mol. The summed E-state index contributed by atoms with van der Waals surface area (Å²) in [7, 11) is 5.16. The minimum atomic E-state index is -2.92. The third-order valence-corrected chi connectivity index (χ3v) is 5.63. The molecule has 176 valence electrons. The molecule has 0 aliphatic carbocycles. The average molecular weight is 479 g/mol. The van der Waals surface area contributed by atoms with Gasteiger partial charge in [0.25, 0.3) is 0 Å². The van der Waals surface area contributed by atoms with E-state index in [1.807, 2.05) is 47.8 Å². The zero-order valence-corrected chi connectivity index (χ0v) is 19.2. The Labute approximate surface area is 194 Å². The van der Waals surface area contributed by atoms with Gasteiger partial charge in [-0.1, -0.05) is 18.2 Å². The number of para-hydroxylation sites is 2. The summed E-state index contributed by atoms with van der Waals surface area (Å²) in [6.07, 6.45) is -0.384. The molecule has 11 heteroatoms. The van der Waals surface area contributed by atoms with Gasteiger partial charge in [-0.3, -0.25) is 4.90 Å². The molecule has 33 heavy (non-hydrogen) atoms. The molecule has 3 aromatic rings. The highest BCUT2D eigenvalue weighted by atomic mass is 32.1. The Morgan fingerprint density at radius 1 is 1.21 bits per heavy atom. The van der Waals surface area contributed by atoms with Crippen LogP contribution in [0.5, 0.6) is 23.0 Å². The summed E-state index contributed by atoms with van der Waals surface area (Å²) in [5.41, 5.74) is 0.860. The quantitative estimate of drug-likeness (QED) is 0.451. The van der Waals surface area contributed by atoms with E-state index in [9.17, 15) is 8.78 Å². The molecule has 1 atom stereocenters. The monoisotopic (exact) mass is 478 g/mol. The zero-order valence-electron chi connectivity index (χ0n) is 18.4. The second-order valence-electron chi connectivity index (χ2n) is 7.58. The fraction of sp³-hybridized carbons (Fsp3) is 0.364. The van der Waals surface area contributed by atoms with Crippen molar-refractivity contribution in [1.29, 1.82) is 0 Å². The molecule has 0 bridgehead atoms. The lowest BCUT2D eigenvalue weighted by atomic mass is 10.2. The molecule has 2 aromatic carbocycles. The van der Waals surface area contributed by atoms with Gasteiger partial charge in [0.2, 0.25) is 0 Å². The molecule has 1 unspecified atom stereocenters. The third-order valence-electron chi connectivity index (χ3n) is 5.14. The van der Waals surface area contributed by atoms with Crippen LogP contribution in [0.25, 0.3) is 0 Å². The largest absolute Gasteiger partial charge is 0.493 e. The predicted molar refractivity (Wildman–Crippen MR) is 118 cm³/mol. The van der Waals surface area contributed by atoms with Crippen molar-refractivity contribution in [1.82, 2.24) is 19.2 Å². The highest BCUT2D eigenvalue weighted by Crippen LogP contribution is 2.35. The van der Waals surface area contributed by atoms with Crippen molar-refractivity contribution in [3.63, 3.8) is 0 Å². The lowest BCUT2D eigenvalue weighted by Crippen LogP contribution is -2.25. The van der Waals surface area contributed by atoms with Crippen LogP contribution in [0.3, 0.4) is 0 Å². The van der Waals surface area contributed by atoms with E-state index in [-0.39, 0.29) is 17.6 Å². The first-order chi connectivity index (χ1) is 15.9. The van der Waals surface area contributed by atoms with Gasteiger partial charge in [0.15, 0.2) is 39.7 Å². The SMILES string of the molecule is COc1cc(CN(C)Cn2nc(C3COc4ccccc4O3)n(C)c2=S)ccc1OC(F)F. The van der Waals surface area contributed by atoms with Crippen molar-refractivity contribution >= 4 is 12.2 Å². The molecule has 1 aliphatic heterocycles. The summed E-state index contributed by atoms with van der Waals surface area (Å²) in [4.78, 5) is 1.99. The second-order valence-corrected chi connectivity index (χ2v) is 7.95. The summed E-state index contributed by atoms with van der Waals surface area (Å²) < 4.78 is 50.7. The molecule has 0 saturated heterocycles. The topological polar surface area (TPSA) is 62.9 Å². The summed E-state index contributed by atoms with van der Waals surface area (Å²) in [5, 5.41) is 4.67. The van der Waals surface area contributed by atoms with Crippen LogP contribution in [0.2, 0.25) is 0 Å². The van der Waals surface area contributed by atoms with Gasteiger partial charge < -0.3 is 23.5 Å². The van der Waals surface area contributed by atoms with Crippen molar-refractivity contribution in [2.24, 2.45) is 7.05 Å². The minimum Gasteiger partial charge on any atom is -0.493 e. The van der Waals surface area contributed by atoms with Crippen LogP contribution in [-0.2, 0) is 20.3 Å². The molecule has 0 radical (unpaired) electrons. The number of fused-ring (bicyclic) bond motifs is 1. The van der Waals surface area contributed by atoms with Gasteiger partial charge in [-0.2, -0.15) is 13.9 Å². The fourth-order valence-electron chi connectivity index (χ4n) is 3.62. The number of aromatic nitrogens is 3. The van der Waals surface area contributed by atoms with Crippen LogP contribution in [0, 0.1) is 4.77 Å². The van der Waals surface area contributed by atoms with Gasteiger partial charge in [-0.05, 0) is 49.1 Å². The lowest BCUT2D eigenvalue weighted by molar-refractivity contribution is -0.0512. The average Bonchev–Trinajstić information content (AvgIpc) is 3.07. The van der Waals surface area contributed by atoms with Crippen LogP contribution >= 0.6 is 12.2 Å². The Kier molecular flexibility index (Phi) is 6.80.